The highest BCUT2D eigenvalue weighted by atomic mass is 32.2. The number of likely N-dealkylation sites (tertiary alicyclic amines) is 2. The smallest absolute Gasteiger partial charge is 0.404 e. The van der Waals surface area contributed by atoms with Gasteiger partial charge in [-0.2, -0.15) is 4.72 Å². The van der Waals surface area contributed by atoms with Crippen LogP contribution < -0.4 is 10.0 Å². The van der Waals surface area contributed by atoms with E-state index in [0.29, 0.717) is 25.8 Å². The molecule has 0 saturated carbocycles. The first kappa shape index (κ1) is 28.6. The number of carbonyl (C=O) groups excluding carboxylic acids is 2. The first-order valence-corrected chi connectivity index (χ1v) is 15.3. The molecule has 216 valence electrons. The molecule has 1 unspecified atom stereocenters. The maximum Gasteiger partial charge on any atom is 0.404 e. The number of amides is 3. The number of benzene rings is 3. The van der Waals surface area contributed by atoms with E-state index in [2.05, 4.69) is 10.0 Å². The summed E-state index contributed by atoms with van der Waals surface area (Å²) >= 11 is 0. The van der Waals surface area contributed by atoms with Gasteiger partial charge in [0.15, 0.2) is 0 Å². The third-order valence-corrected chi connectivity index (χ3v) is 9.52. The van der Waals surface area contributed by atoms with Gasteiger partial charge in [-0.05, 0) is 61.1 Å². The van der Waals surface area contributed by atoms with Crippen molar-refractivity contribution in [2.24, 2.45) is 0 Å². The minimum atomic E-state index is -3.98. The van der Waals surface area contributed by atoms with E-state index in [-0.39, 0.29) is 23.8 Å². The van der Waals surface area contributed by atoms with E-state index < -0.39 is 46.2 Å². The number of hydrogen-bond donors (Lipinski definition) is 3. The molecule has 2 heterocycles. The Labute approximate surface area is 239 Å². The van der Waals surface area contributed by atoms with Crippen LogP contribution in [0.1, 0.15) is 31.7 Å². The Morgan fingerprint density at radius 2 is 1.68 bits per heavy atom. The standard InChI is InChI=1S/C30H34N4O6S/c1-20(28(35)34-16-7-12-25(31-30(37)38)27(34)18-21-8-3-2-4-9-21)33-17-15-26(29(33)36)32-41(39,40)24-14-13-22-10-5-6-11-23(22)19-24/h2-6,8-11,13-14,19-20,25-27,31-32H,7,12,15-18H2,1H3,(H,37,38)/t20-,25-,26-,27?/m0/s1. The molecule has 5 rings (SSSR count). The molecule has 3 amide bonds. The van der Waals surface area contributed by atoms with Gasteiger partial charge in [-0.15, -0.1) is 0 Å². The zero-order valence-corrected chi connectivity index (χ0v) is 23.6. The quantitative estimate of drug-likeness (QED) is 0.376. The van der Waals surface area contributed by atoms with Crippen LogP contribution in [0.4, 0.5) is 4.79 Å². The van der Waals surface area contributed by atoms with Crippen molar-refractivity contribution in [3.8, 4) is 0 Å². The van der Waals surface area contributed by atoms with Crippen molar-refractivity contribution >= 4 is 38.7 Å². The number of carbonyl (C=O) groups is 3. The molecule has 4 atom stereocenters. The summed E-state index contributed by atoms with van der Waals surface area (Å²) in [7, 11) is -3.98. The molecule has 2 aliphatic rings. The maximum absolute atomic E-state index is 13.8. The van der Waals surface area contributed by atoms with Gasteiger partial charge in [0.1, 0.15) is 12.1 Å². The van der Waals surface area contributed by atoms with E-state index in [0.717, 1.165) is 16.3 Å². The number of fused-ring (bicyclic) bond motifs is 1. The molecule has 41 heavy (non-hydrogen) atoms. The highest BCUT2D eigenvalue weighted by Crippen LogP contribution is 2.26. The monoisotopic (exact) mass is 578 g/mol. The van der Waals surface area contributed by atoms with Gasteiger partial charge in [0, 0.05) is 13.1 Å². The van der Waals surface area contributed by atoms with Gasteiger partial charge < -0.3 is 20.2 Å². The van der Waals surface area contributed by atoms with E-state index in [4.69, 9.17) is 0 Å². The molecule has 2 aliphatic heterocycles. The van der Waals surface area contributed by atoms with Crippen LogP contribution in [-0.4, -0.2) is 78.5 Å². The molecular formula is C30H34N4O6S. The number of nitrogens with zero attached hydrogens (tertiary/aromatic N) is 2. The summed E-state index contributed by atoms with van der Waals surface area (Å²) < 4.78 is 28.9. The van der Waals surface area contributed by atoms with Gasteiger partial charge in [-0.1, -0.05) is 60.7 Å². The molecule has 0 aromatic heterocycles. The Balaban J connectivity index is 1.30. The fourth-order valence-corrected chi connectivity index (χ4v) is 7.18. The lowest BCUT2D eigenvalue weighted by molar-refractivity contribution is -0.146. The van der Waals surface area contributed by atoms with Crippen LogP contribution in [0, 0.1) is 0 Å². The number of sulfonamides is 1. The first-order chi connectivity index (χ1) is 19.6. The summed E-state index contributed by atoms with van der Waals surface area (Å²) in [6, 6.07) is 19.1. The van der Waals surface area contributed by atoms with Gasteiger partial charge in [0.2, 0.25) is 21.8 Å². The molecule has 3 aromatic rings. The lowest BCUT2D eigenvalue weighted by Crippen LogP contribution is -2.61. The van der Waals surface area contributed by atoms with E-state index >= 15 is 0 Å². The van der Waals surface area contributed by atoms with Crippen LogP contribution in [-0.2, 0) is 26.0 Å². The van der Waals surface area contributed by atoms with Crippen molar-refractivity contribution in [3.63, 3.8) is 0 Å². The van der Waals surface area contributed by atoms with Gasteiger partial charge in [-0.3, -0.25) is 9.59 Å². The maximum atomic E-state index is 13.8. The third-order valence-electron chi connectivity index (χ3n) is 8.05. The molecule has 10 nitrogen and oxygen atoms in total. The second-order valence-electron chi connectivity index (χ2n) is 10.7. The highest BCUT2D eigenvalue weighted by Gasteiger charge is 2.43. The molecule has 0 spiro atoms. The molecule has 3 aromatic carbocycles. The highest BCUT2D eigenvalue weighted by molar-refractivity contribution is 7.89. The predicted molar refractivity (Wildman–Crippen MR) is 154 cm³/mol. The second kappa shape index (κ2) is 11.9. The molecule has 2 saturated heterocycles. The van der Waals surface area contributed by atoms with Gasteiger partial charge in [-0.25, -0.2) is 13.2 Å². The number of carboxylic acid groups (broad SMARTS) is 1. The summed E-state index contributed by atoms with van der Waals surface area (Å²) in [4.78, 5) is 41.9. The zero-order chi connectivity index (χ0) is 29.1. The Kier molecular flexibility index (Phi) is 8.27. The second-order valence-corrected chi connectivity index (χ2v) is 12.4. The predicted octanol–water partition coefficient (Wildman–Crippen LogP) is 2.98. The van der Waals surface area contributed by atoms with Crippen LogP contribution >= 0.6 is 0 Å². The summed E-state index contributed by atoms with van der Waals surface area (Å²) in [5, 5.41) is 13.7. The van der Waals surface area contributed by atoms with Crippen molar-refractivity contribution in [1.29, 1.82) is 0 Å². The zero-order valence-electron chi connectivity index (χ0n) is 22.8. The summed E-state index contributed by atoms with van der Waals surface area (Å²) in [6.07, 6.45) is 0.776. The van der Waals surface area contributed by atoms with Crippen molar-refractivity contribution in [3.05, 3.63) is 78.4 Å². The Bertz CT molecular complexity index is 1550. The Hall–Kier alpha value is -3.96. The first-order valence-electron chi connectivity index (χ1n) is 13.8. The summed E-state index contributed by atoms with van der Waals surface area (Å²) in [5.74, 6) is -0.735. The average molecular weight is 579 g/mol. The van der Waals surface area contributed by atoms with Crippen LogP contribution in [0.5, 0.6) is 0 Å². The fraction of sp³-hybridized carbons (Fsp3) is 0.367. The van der Waals surface area contributed by atoms with Gasteiger partial charge in [0.05, 0.1) is 17.0 Å². The molecule has 3 N–H and O–H groups in total. The van der Waals surface area contributed by atoms with Crippen LogP contribution in [0.3, 0.4) is 0 Å². The number of rotatable bonds is 8. The molecule has 2 fully saturated rings. The lowest BCUT2D eigenvalue weighted by Gasteiger charge is -2.43. The van der Waals surface area contributed by atoms with E-state index in [1.807, 2.05) is 54.6 Å². The lowest BCUT2D eigenvalue weighted by atomic mass is 9.90. The van der Waals surface area contributed by atoms with Gasteiger partial charge >= 0.3 is 6.09 Å². The van der Waals surface area contributed by atoms with Crippen molar-refractivity contribution < 1.29 is 27.9 Å². The third kappa shape index (κ3) is 6.20. The topological polar surface area (TPSA) is 136 Å². The summed E-state index contributed by atoms with van der Waals surface area (Å²) in [6.45, 7) is 2.32. The summed E-state index contributed by atoms with van der Waals surface area (Å²) in [5.41, 5.74) is 0.974. The molecule has 11 heteroatoms. The van der Waals surface area contributed by atoms with Crippen molar-refractivity contribution in [1.82, 2.24) is 19.8 Å². The molecule has 0 radical (unpaired) electrons. The van der Waals surface area contributed by atoms with E-state index in [1.165, 1.54) is 11.0 Å². The molecule has 0 bridgehead atoms. The minimum absolute atomic E-state index is 0.0700. The SMILES string of the molecule is C[C@@H](C(=O)N1CCC[C@H](NC(=O)O)C1Cc1ccccc1)N1CC[C@H](NS(=O)(=O)c2ccc3ccccc3c2)C1=O. The number of piperidine rings is 1. The van der Waals surface area contributed by atoms with Crippen molar-refractivity contribution in [2.45, 2.75) is 61.7 Å². The Morgan fingerprint density at radius 3 is 2.41 bits per heavy atom. The number of nitrogens with one attached hydrogen (secondary N) is 2. The van der Waals surface area contributed by atoms with Crippen LogP contribution in [0.15, 0.2) is 77.7 Å². The minimum Gasteiger partial charge on any atom is -0.465 e. The fourth-order valence-electron chi connectivity index (χ4n) is 5.92. The molecular weight excluding hydrogens is 544 g/mol. The average Bonchev–Trinajstić information content (AvgIpc) is 3.32. The van der Waals surface area contributed by atoms with Crippen LogP contribution in [0.2, 0.25) is 0 Å². The van der Waals surface area contributed by atoms with Gasteiger partial charge in [0.25, 0.3) is 0 Å². The van der Waals surface area contributed by atoms with Crippen LogP contribution in [0.25, 0.3) is 10.8 Å². The molecule has 0 aliphatic carbocycles. The normalized spacial score (nSPS) is 22.1. The number of hydrogen-bond acceptors (Lipinski definition) is 5. The van der Waals surface area contributed by atoms with Crippen molar-refractivity contribution in [2.75, 3.05) is 13.1 Å². The van der Waals surface area contributed by atoms with E-state index in [1.54, 1.807) is 24.0 Å². The Morgan fingerprint density at radius 1 is 0.976 bits per heavy atom. The largest absolute Gasteiger partial charge is 0.465 e. The van der Waals surface area contributed by atoms with E-state index in [9.17, 15) is 27.9 Å².